The van der Waals surface area contributed by atoms with E-state index in [1.807, 2.05) is 6.08 Å². The Morgan fingerprint density at radius 2 is 1.95 bits per heavy atom. The van der Waals surface area contributed by atoms with E-state index >= 15 is 0 Å². The molecule has 0 atom stereocenters. The van der Waals surface area contributed by atoms with Gasteiger partial charge in [0.25, 0.3) is 6.42 Å². The maximum absolute atomic E-state index is 5.69. The summed E-state index contributed by atoms with van der Waals surface area (Å²) in [5.74, 6) is 1.13. The standard InChI is InChI=1S/C17H28BN3S/c1-4-7-12-18(13-8-5-2)20-15-10-9-11-16(20)19-17(22)21(18)14-6-3/h6,9-11,15H,3-5,7-8,12-14H2,1-2H3,(H,19,22). The fourth-order valence-electron chi connectivity index (χ4n) is 3.75. The summed E-state index contributed by atoms with van der Waals surface area (Å²) in [6.45, 7) is 9.27. The second-order valence-corrected chi connectivity index (χ2v) is 6.67. The van der Waals surface area contributed by atoms with Gasteiger partial charge in [-0.15, -0.1) is 19.2 Å². The third-order valence-corrected chi connectivity index (χ3v) is 5.19. The Bertz CT molecular complexity index is 524. The van der Waals surface area contributed by atoms with Crippen LogP contribution in [-0.4, -0.2) is 22.9 Å². The molecule has 0 amide bonds. The number of hydrogen-bond donors (Lipinski definition) is 1. The van der Waals surface area contributed by atoms with Gasteiger partial charge in [0.1, 0.15) is 0 Å². The number of aromatic nitrogens is 1. The lowest BCUT2D eigenvalue weighted by Crippen LogP contribution is -2.79. The normalized spacial score (nSPS) is 16.1. The smallest absolute Gasteiger partial charge is 0.288 e. The molecule has 1 aliphatic rings. The number of pyridine rings is 1. The highest BCUT2D eigenvalue weighted by atomic mass is 32.1. The summed E-state index contributed by atoms with van der Waals surface area (Å²) in [7, 11) is 0. The predicted octanol–water partition coefficient (Wildman–Crippen LogP) is 4.06. The molecule has 0 spiro atoms. The van der Waals surface area contributed by atoms with E-state index in [4.69, 9.17) is 12.2 Å². The molecule has 1 N–H and O–H groups in total. The third-order valence-electron chi connectivity index (χ3n) is 4.85. The van der Waals surface area contributed by atoms with Gasteiger partial charge >= 0.3 is 0 Å². The number of anilines is 1. The minimum absolute atomic E-state index is 0.806. The molecule has 0 unspecified atom stereocenters. The monoisotopic (exact) mass is 317 g/mol. The van der Waals surface area contributed by atoms with Crippen LogP contribution in [0.3, 0.4) is 0 Å². The molecule has 1 aromatic rings. The number of fused-ring (bicyclic) bond motifs is 1. The van der Waals surface area contributed by atoms with Crippen LogP contribution in [0.25, 0.3) is 0 Å². The summed E-state index contributed by atoms with van der Waals surface area (Å²) in [4.78, 5) is 2.39. The zero-order valence-electron chi connectivity index (χ0n) is 13.9. The number of unbranched alkanes of at least 4 members (excludes halogenated alkanes) is 2. The minimum Gasteiger partial charge on any atom is -0.460 e. The van der Waals surface area contributed by atoms with Crippen molar-refractivity contribution < 1.29 is 4.48 Å². The second-order valence-electron chi connectivity index (χ2n) is 6.28. The average Bonchev–Trinajstić information content (AvgIpc) is 2.54. The first kappa shape index (κ1) is 17.0. The van der Waals surface area contributed by atoms with Crippen molar-refractivity contribution in [3.8, 4) is 0 Å². The van der Waals surface area contributed by atoms with Crippen molar-refractivity contribution in [2.24, 2.45) is 0 Å². The molecule has 1 aromatic heterocycles. The fraction of sp³-hybridized carbons (Fsp3) is 0.529. The number of nitrogens with zero attached hydrogens (tertiary/aromatic N) is 2. The molecule has 22 heavy (non-hydrogen) atoms. The number of nitrogens with one attached hydrogen (secondary N) is 1. The van der Waals surface area contributed by atoms with Crippen LogP contribution >= 0.6 is 12.2 Å². The van der Waals surface area contributed by atoms with Crippen molar-refractivity contribution in [3.05, 3.63) is 37.1 Å². The van der Waals surface area contributed by atoms with Gasteiger partial charge in [-0.1, -0.05) is 51.7 Å². The molecular weight excluding hydrogens is 289 g/mol. The Kier molecular flexibility index (Phi) is 6.01. The average molecular weight is 317 g/mol. The SMILES string of the molecule is C=CCN1C(=S)Nc2cccc[n+]2[B-]1(CCCC)CCCC. The molecule has 0 radical (unpaired) electrons. The first-order chi connectivity index (χ1) is 10.7. The molecule has 3 nitrogen and oxygen atoms in total. The largest absolute Gasteiger partial charge is 0.460 e. The van der Waals surface area contributed by atoms with Crippen molar-refractivity contribution in [3.63, 3.8) is 0 Å². The van der Waals surface area contributed by atoms with Gasteiger partial charge in [-0.3, -0.25) is 0 Å². The van der Waals surface area contributed by atoms with Crippen LogP contribution in [0.5, 0.6) is 0 Å². The zero-order valence-corrected chi connectivity index (χ0v) is 14.7. The van der Waals surface area contributed by atoms with E-state index in [9.17, 15) is 0 Å². The Morgan fingerprint density at radius 3 is 2.55 bits per heavy atom. The van der Waals surface area contributed by atoms with E-state index in [0.717, 1.165) is 17.5 Å². The molecule has 0 aromatic carbocycles. The van der Waals surface area contributed by atoms with Crippen molar-refractivity contribution in [2.75, 3.05) is 11.9 Å². The van der Waals surface area contributed by atoms with Crippen molar-refractivity contribution in [1.82, 2.24) is 4.81 Å². The molecule has 120 valence electrons. The summed E-state index contributed by atoms with van der Waals surface area (Å²) >= 11 is 5.69. The van der Waals surface area contributed by atoms with Gasteiger partial charge in [-0.25, -0.2) is 5.32 Å². The molecule has 0 fully saturated rings. The Hall–Kier alpha value is -1.36. The lowest BCUT2D eigenvalue weighted by molar-refractivity contribution is -0.541. The van der Waals surface area contributed by atoms with E-state index in [2.05, 4.69) is 59.4 Å². The molecule has 2 rings (SSSR count). The lowest BCUT2D eigenvalue weighted by Gasteiger charge is -2.51. The van der Waals surface area contributed by atoms with Gasteiger partial charge in [-0.05, 0) is 18.3 Å². The van der Waals surface area contributed by atoms with Crippen LogP contribution < -0.4 is 9.79 Å². The molecule has 0 aliphatic carbocycles. The molecular formula is C17H28BN3S. The summed E-state index contributed by atoms with van der Waals surface area (Å²) in [5.41, 5.74) is 0. The Labute approximate surface area is 140 Å². The predicted molar refractivity (Wildman–Crippen MR) is 100 cm³/mol. The Balaban J connectivity index is 2.52. The van der Waals surface area contributed by atoms with Crippen LogP contribution in [-0.2, 0) is 0 Å². The fourth-order valence-corrected chi connectivity index (χ4v) is 4.12. The van der Waals surface area contributed by atoms with E-state index < -0.39 is 6.42 Å². The summed E-state index contributed by atoms with van der Waals surface area (Å²) in [6.07, 6.45) is 10.5. The minimum atomic E-state index is -0.886. The van der Waals surface area contributed by atoms with E-state index in [1.165, 1.54) is 38.3 Å². The molecule has 1 aliphatic heterocycles. The lowest BCUT2D eigenvalue weighted by atomic mass is 9.38. The number of thiocarbonyl (C=S) groups is 1. The molecule has 0 saturated heterocycles. The molecule has 0 saturated carbocycles. The maximum atomic E-state index is 5.69. The van der Waals surface area contributed by atoms with Crippen LogP contribution in [0.1, 0.15) is 39.5 Å². The van der Waals surface area contributed by atoms with Crippen molar-refractivity contribution in [2.45, 2.75) is 52.2 Å². The highest BCUT2D eigenvalue weighted by molar-refractivity contribution is 7.80. The Morgan fingerprint density at radius 1 is 1.27 bits per heavy atom. The first-order valence-corrected chi connectivity index (χ1v) is 8.99. The molecule has 2 heterocycles. The van der Waals surface area contributed by atoms with Gasteiger partial charge < -0.3 is 9.29 Å². The van der Waals surface area contributed by atoms with Gasteiger partial charge in [-0.2, -0.15) is 0 Å². The van der Waals surface area contributed by atoms with Gasteiger partial charge in [0.05, 0.1) is 0 Å². The summed E-state index contributed by atoms with van der Waals surface area (Å²) in [6, 6.07) is 6.33. The zero-order chi connectivity index (χ0) is 16.0. The van der Waals surface area contributed by atoms with Crippen LogP contribution in [0.4, 0.5) is 5.82 Å². The highest BCUT2D eigenvalue weighted by Gasteiger charge is 2.43. The maximum Gasteiger partial charge on any atom is 0.288 e. The van der Waals surface area contributed by atoms with Crippen LogP contribution in [0, 0.1) is 0 Å². The van der Waals surface area contributed by atoms with Crippen LogP contribution in [0.15, 0.2) is 37.1 Å². The highest BCUT2D eigenvalue weighted by Crippen LogP contribution is 2.28. The van der Waals surface area contributed by atoms with E-state index in [1.54, 1.807) is 0 Å². The van der Waals surface area contributed by atoms with Gasteiger partial charge in [0.2, 0.25) is 10.9 Å². The summed E-state index contributed by atoms with van der Waals surface area (Å²) < 4.78 is 2.45. The van der Waals surface area contributed by atoms with Crippen LogP contribution in [0.2, 0.25) is 12.6 Å². The summed E-state index contributed by atoms with van der Waals surface area (Å²) in [5, 5.41) is 4.24. The van der Waals surface area contributed by atoms with Crippen molar-refractivity contribution in [1.29, 1.82) is 0 Å². The number of hydrogen-bond acceptors (Lipinski definition) is 1. The first-order valence-electron chi connectivity index (χ1n) is 8.58. The van der Waals surface area contributed by atoms with E-state index in [0.29, 0.717) is 0 Å². The number of rotatable bonds is 8. The second kappa shape index (κ2) is 7.77. The topological polar surface area (TPSA) is 19.1 Å². The molecule has 0 bridgehead atoms. The third kappa shape index (κ3) is 3.19. The van der Waals surface area contributed by atoms with Crippen molar-refractivity contribution >= 4 is 29.6 Å². The van der Waals surface area contributed by atoms with Gasteiger partial charge in [0.15, 0.2) is 0 Å². The quantitative estimate of drug-likeness (QED) is 0.443. The molecule has 5 heteroatoms. The van der Waals surface area contributed by atoms with E-state index in [-0.39, 0.29) is 0 Å². The van der Waals surface area contributed by atoms with Gasteiger partial charge in [0, 0.05) is 18.8 Å².